The van der Waals surface area contributed by atoms with Gasteiger partial charge in [0.25, 0.3) is 5.91 Å². The number of oxime groups is 1. The van der Waals surface area contributed by atoms with E-state index in [4.69, 9.17) is 24.2 Å². The lowest BCUT2D eigenvalue weighted by Gasteiger charge is -2.60. The Kier molecular flexibility index (Phi) is 14.7. The third-order valence-electron chi connectivity index (χ3n) is 12.5. The number of ether oxygens (including phenoxy) is 3. The summed E-state index contributed by atoms with van der Waals surface area (Å²) in [7, 11) is 0. The van der Waals surface area contributed by atoms with E-state index in [0.29, 0.717) is 55.7 Å². The Bertz CT molecular complexity index is 2010. The predicted molar refractivity (Wildman–Crippen MR) is 231 cm³/mol. The van der Waals surface area contributed by atoms with Crippen LogP contribution in [0, 0.1) is 29.1 Å². The highest BCUT2D eigenvalue weighted by Gasteiger charge is 2.65. The normalized spacial score (nSPS) is 24.6. The van der Waals surface area contributed by atoms with Gasteiger partial charge in [0.1, 0.15) is 30.8 Å². The zero-order chi connectivity index (χ0) is 41.9. The number of hydrogen-bond acceptors (Lipinski definition) is 10. The van der Waals surface area contributed by atoms with Crippen molar-refractivity contribution in [2.75, 3.05) is 52.6 Å². The highest BCUT2D eigenvalue weighted by atomic mass is 16.7. The summed E-state index contributed by atoms with van der Waals surface area (Å²) in [6.45, 7) is 10.9. The molecule has 1 saturated heterocycles. The van der Waals surface area contributed by atoms with E-state index in [0.717, 1.165) is 73.5 Å². The molecule has 1 saturated carbocycles. The van der Waals surface area contributed by atoms with E-state index in [1.54, 1.807) is 30.3 Å². The number of amides is 1. The van der Waals surface area contributed by atoms with Crippen molar-refractivity contribution in [2.24, 2.45) is 22.9 Å². The van der Waals surface area contributed by atoms with Crippen LogP contribution >= 0.6 is 0 Å². The van der Waals surface area contributed by atoms with Crippen molar-refractivity contribution >= 4 is 11.6 Å². The van der Waals surface area contributed by atoms with Crippen LogP contribution in [0.5, 0.6) is 11.5 Å². The third kappa shape index (κ3) is 9.63. The molecule has 4 aliphatic rings. The first-order chi connectivity index (χ1) is 29.4. The molecule has 318 valence electrons. The number of nitrogens with zero attached hydrogens (tertiary/aromatic N) is 4. The first-order valence-electron chi connectivity index (χ1n) is 21.8. The maximum absolute atomic E-state index is 14.9. The predicted octanol–water partition coefficient (Wildman–Crippen LogP) is 7.64. The minimum atomic E-state index is -1.36. The Morgan fingerprint density at radius 1 is 1.05 bits per heavy atom. The maximum atomic E-state index is 14.9. The molecule has 2 aliphatic carbocycles. The van der Waals surface area contributed by atoms with Gasteiger partial charge < -0.3 is 34.2 Å². The van der Waals surface area contributed by atoms with Crippen molar-refractivity contribution in [3.63, 3.8) is 0 Å². The molecule has 2 fully saturated rings. The first-order valence-corrected chi connectivity index (χ1v) is 21.8. The Labute approximate surface area is 354 Å². The van der Waals surface area contributed by atoms with Gasteiger partial charge in [-0.1, -0.05) is 67.4 Å². The number of unbranched alkanes of at least 4 members (excludes halogenated alkanes) is 2. The molecule has 60 heavy (non-hydrogen) atoms. The average Bonchev–Trinajstić information content (AvgIpc) is 4.11. The smallest absolute Gasteiger partial charge is 0.254 e. The minimum Gasteiger partial charge on any atom is -0.492 e. The molecular weight excluding hydrogens is 757 g/mol. The van der Waals surface area contributed by atoms with E-state index in [1.807, 2.05) is 47.4 Å². The molecule has 6 atom stereocenters. The third-order valence-corrected chi connectivity index (χ3v) is 12.5. The molecule has 2 N–H and O–H groups in total. The molecule has 2 aliphatic heterocycles. The van der Waals surface area contributed by atoms with Gasteiger partial charge in [-0.15, -0.1) is 6.58 Å². The Morgan fingerprint density at radius 2 is 1.82 bits per heavy atom. The molecule has 0 aromatic heterocycles. The molecule has 6 unspecified atom stereocenters. The van der Waals surface area contributed by atoms with Crippen LogP contribution in [0.3, 0.4) is 0 Å². The van der Waals surface area contributed by atoms with Crippen LogP contribution in [0.4, 0.5) is 0 Å². The number of fused-ring (bicyclic) bond motifs is 2. The number of rotatable bonds is 22. The van der Waals surface area contributed by atoms with Crippen molar-refractivity contribution in [1.29, 1.82) is 5.26 Å². The maximum Gasteiger partial charge on any atom is 0.254 e. The fraction of sp³-hybridized carbons (Fsp3) is 0.490. The highest BCUT2D eigenvalue weighted by molar-refractivity contribution is 6.03. The van der Waals surface area contributed by atoms with Crippen molar-refractivity contribution in [2.45, 2.75) is 82.6 Å². The fourth-order valence-electron chi connectivity index (χ4n) is 9.58. The number of carbonyl (C=O) groups excluding carboxylic acids is 1. The highest BCUT2D eigenvalue weighted by Crippen LogP contribution is 2.62. The van der Waals surface area contributed by atoms with Gasteiger partial charge in [0, 0.05) is 62.9 Å². The van der Waals surface area contributed by atoms with Crippen LogP contribution in [0.15, 0.2) is 102 Å². The van der Waals surface area contributed by atoms with Crippen LogP contribution < -0.4 is 9.47 Å². The average molecular weight is 817 g/mol. The molecule has 0 spiro atoms. The number of nitriles is 1. The van der Waals surface area contributed by atoms with E-state index in [9.17, 15) is 20.3 Å². The van der Waals surface area contributed by atoms with E-state index in [2.05, 4.69) is 36.6 Å². The van der Waals surface area contributed by atoms with Crippen LogP contribution in [0.25, 0.3) is 0 Å². The van der Waals surface area contributed by atoms with Crippen molar-refractivity contribution in [3.8, 4) is 17.6 Å². The molecular formula is C49H60N4O7. The molecule has 3 aromatic rings. The van der Waals surface area contributed by atoms with Gasteiger partial charge in [0.2, 0.25) is 5.79 Å². The van der Waals surface area contributed by atoms with Gasteiger partial charge in [-0.25, -0.2) is 0 Å². The van der Waals surface area contributed by atoms with E-state index in [-0.39, 0.29) is 50.1 Å². The monoisotopic (exact) mass is 816 g/mol. The molecule has 0 bridgehead atoms. The second-order valence-electron chi connectivity index (χ2n) is 16.4. The number of allylic oxidation sites excluding steroid dienone is 1. The van der Waals surface area contributed by atoms with Crippen molar-refractivity contribution in [3.05, 3.63) is 119 Å². The Balaban J connectivity index is 1.42. The lowest BCUT2D eigenvalue weighted by Crippen LogP contribution is -2.70. The zero-order valence-electron chi connectivity index (χ0n) is 34.9. The summed E-state index contributed by atoms with van der Waals surface area (Å²) < 4.78 is 20.9. The van der Waals surface area contributed by atoms with Gasteiger partial charge in [0.05, 0.1) is 29.9 Å². The first kappa shape index (κ1) is 43.1. The van der Waals surface area contributed by atoms with Crippen LogP contribution in [0.1, 0.15) is 91.3 Å². The van der Waals surface area contributed by atoms with E-state index >= 15 is 0 Å². The summed E-state index contributed by atoms with van der Waals surface area (Å²) in [5.41, 5.74) is 4.69. The largest absolute Gasteiger partial charge is 0.492 e. The summed E-state index contributed by atoms with van der Waals surface area (Å²) in [5.74, 6) is -0.441. The van der Waals surface area contributed by atoms with Gasteiger partial charge in [0.15, 0.2) is 0 Å². The standard InChI is InChI=1S/C49H60N4O7/c1-3-22-53(48(56)37-18-16-35(33-50)17-19-37)45-32-43(51-59-34-36-12-6-5-7-13-36)41-30-38(14-8-10-26-54)40(15-9-11-27-55)46-42-31-39(57-29-25-52-23-24-52)20-21-44(42)60-49(45,47(41)46)58-28-4-2/h4-7,12-13,16-21,30-31,38,40,45-47,54-55H,2-3,8-11,14-15,22-29,32,34H2,1H3. The van der Waals surface area contributed by atoms with Crippen LogP contribution in [-0.2, 0) is 16.2 Å². The summed E-state index contributed by atoms with van der Waals surface area (Å²) in [6, 6.07) is 24.3. The second-order valence-corrected chi connectivity index (χ2v) is 16.4. The zero-order valence-corrected chi connectivity index (χ0v) is 34.9. The minimum absolute atomic E-state index is 0.102. The molecule has 11 heteroatoms. The number of carbonyl (C=O) groups is 1. The van der Waals surface area contributed by atoms with E-state index < -0.39 is 17.7 Å². The molecule has 7 rings (SSSR count). The van der Waals surface area contributed by atoms with Crippen molar-refractivity contribution < 1.29 is 34.1 Å². The lowest BCUT2D eigenvalue weighted by molar-refractivity contribution is -0.254. The molecule has 0 radical (unpaired) electrons. The topological polar surface area (TPSA) is 137 Å². The number of aliphatic hydroxyl groups is 2. The summed E-state index contributed by atoms with van der Waals surface area (Å²) in [6.07, 6.45) is 9.83. The van der Waals surface area contributed by atoms with Gasteiger partial charge in [-0.3, -0.25) is 9.69 Å². The summed E-state index contributed by atoms with van der Waals surface area (Å²) in [4.78, 5) is 25.4. The van der Waals surface area contributed by atoms with Gasteiger partial charge >= 0.3 is 0 Å². The number of aliphatic hydroxyl groups excluding tert-OH is 2. The van der Waals surface area contributed by atoms with Crippen molar-refractivity contribution in [1.82, 2.24) is 9.80 Å². The molecule has 2 heterocycles. The fourth-order valence-corrected chi connectivity index (χ4v) is 9.58. The van der Waals surface area contributed by atoms with Gasteiger partial charge in [-0.05, 0) is 97.5 Å². The van der Waals surface area contributed by atoms with Gasteiger partial charge in [-0.2, -0.15) is 5.26 Å². The van der Waals surface area contributed by atoms with E-state index in [1.165, 1.54) is 0 Å². The molecule has 3 aromatic carbocycles. The summed E-state index contributed by atoms with van der Waals surface area (Å²) >= 11 is 0. The number of benzene rings is 3. The molecule has 1 amide bonds. The quantitative estimate of drug-likeness (QED) is 0.0454. The second kappa shape index (κ2) is 20.5. The number of hydrogen-bond donors (Lipinski definition) is 2. The van der Waals surface area contributed by atoms with Crippen LogP contribution in [0.2, 0.25) is 0 Å². The SMILES string of the molecule is C=CCOC12Oc3ccc(OCCN4CC4)cc3C3C(CCCCO)C(CCCCO)C=C(C(=NOCc4ccccc4)CC1N(CCC)C(=O)c1ccc(C#N)cc1)C32. The Hall–Kier alpha value is -4.99. The Morgan fingerprint density at radius 3 is 2.52 bits per heavy atom. The summed E-state index contributed by atoms with van der Waals surface area (Å²) in [5, 5.41) is 34.4. The lowest BCUT2D eigenvalue weighted by atomic mass is 9.55. The molecule has 11 nitrogen and oxygen atoms in total. The van der Waals surface area contributed by atoms with Crippen LogP contribution in [-0.4, -0.2) is 96.1 Å².